The molecule has 0 bridgehead atoms. The first kappa shape index (κ1) is 21.1. The number of carbonyl (C=O) groups is 1. The van der Waals surface area contributed by atoms with Gasteiger partial charge in [0.05, 0.1) is 24.1 Å². The maximum Gasteiger partial charge on any atom is 0.253 e. The SMILES string of the molecule is COc1ccc(C2(CNC(=O)c3ccc(-c4ccccc4)nc3C)CCOCC2)cc1. The zero-order valence-corrected chi connectivity index (χ0v) is 18.1. The highest BCUT2D eigenvalue weighted by atomic mass is 16.5. The Bertz CT molecular complexity index is 1030. The summed E-state index contributed by atoms with van der Waals surface area (Å²) < 4.78 is 10.9. The van der Waals surface area contributed by atoms with Gasteiger partial charge in [-0.25, -0.2) is 0 Å². The second kappa shape index (κ2) is 9.31. The van der Waals surface area contributed by atoms with Crippen LogP contribution in [-0.4, -0.2) is 37.8 Å². The van der Waals surface area contributed by atoms with Gasteiger partial charge in [-0.05, 0) is 49.6 Å². The third-order valence-electron chi connectivity index (χ3n) is 6.14. The van der Waals surface area contributed by atoms with E-state index in [1.165, 1.54) is 5.56 Å². The molecule has 160 valence electrons. The van der Waals surface area contributed by atoms with Crippen molar-refractivity contribution in [3.8, 4) is 17.0 Å². The molecule has 0 radical (unpaired) electrons. The summed E-state index contributed by atoms with van der Waals surface area (Å²) in [5.74, 6) is 0.735. The first-order chi connectivity index (χ1) is 15.1. The smallest absolute Gasteiger partial charge is 0.253 e. The molecule has 5 heteroatoms. The van der Waals surface area contributed by atoms with Crippen LogP contribution in [0.15, 0.2) is 66.7 Å². The van der Waals surface area contributed by atoms with Crippen molar-refractivity contribution in [2.75, 3.05) is 26.9 Å². The van der Waals surface area contributed by atoms with Crippen LogP contribution in [0.3, 0.4) is 0 Å². The minimum Gasteiger partial charge on any atom is -0.497 e. The molecule has 2 heterocycles. The summed E-state index contributed by atoms with van der Waals surface area (Å²) in [5.41, 5.74) is 4.30. The lowest BCUT2D eigenvalue weighted by Crippen LogP contribution is -2.44. The lowest BCUT2D eigenvalue weighted by atomic mass is 9.74. The molecular formula is C26H28N2O3. The zero-order valence-electron chi connectivity index (χ0n) is 18.1. The highest BCUT2D eigenvalue weighted by Crippen LogP contribution is 2.35. The highest BCUT2D eigenvalue weighted by Gasteiger charge is 2.35. The van der Waals surface area contributed by atoms with Gasteiger partial charge in [0.1, 0.15) is 5.75 Å². The fraction of sp³-hybridized carbons (Fsp3) is 0.308. The molecule has 1 aliphatic heterocycles. The molecule has 31 heavy (non-hydrogen) atoms. The van der Waals surface area contributed by atoms with Crippen molar-refractivity contribution >= 4 is 5.91 Å². The summed E-state index contributed by atoms with van der Waals surface area (Å²) in [6, 6.07) is 21.9. The molecule has 1 aromatic heterocycles. The van der Waals surface area contributed by atoms with Gasteiger partial charge in [0.15, 0.2) is 0 Å². The molecular weight excluding hydrogens is 388 g/mol. The number of amides is 1. The van der Waals surface area contributed by atoms with Crippen molar-refractivity contribution in [2.45, 2.75) is 25.2 Å². The second-order valence-electron chi connectivity index (χ2n) is 8.00. The maximum absolute atomic E-state index is 13.0. The number of aromatic nitrogens is 1. The Balaban J connectivity index is 1.51. The van der Waals surface area contributed by atoms with E-state index in [1.807, 2.05) is 61.5 Å². The van der Waals surface area contributed by atoms with Gasteiger partial charge in [0.2, 0.25) is 0 Å². The Kier molecular flexibility index (Phi) is 6.33. The van der Waals surface area contributed by atoms with Crippen LogP contribution >= 0.6 is 0 Å². The van der Waals surface area contributed by atoms with Crippen LogP contribution in [0.1, 0.15) is 34.5 Å². The van der Waals surface area contributed by atoms with Crippen LogP contribution in [-0.2, 0) is 10.2 Å². The number of ether oxygens (including phenoxy) is 2. The van der Waals surface area contributed by atoms with Gasteiger partial charge < -0.3 is 14.8 Å². The fourth-order valence-electron chi connectivity index (χ4n) is 4.19. The number of hydrogen-bond acceptors (Lipinski definition) is 4. The predicted octanol–water partition coefficient (Wildman–Crippen LogP) is 4.54. The average molecular weight is 417 g/mol. The first-order valence-electron chi connectivity index (χ1n) is 10.6. The highest BCUT2D eigenvalue weighted by molar-refractivity contribution is 5.95. The van der Waals surface area contributed by atoms with Crippen molar-refractivity contribution in [2.24, 2.45) is 0 Å². The predicted molar refractivity (Wildman–Crippen MR) is 121 cm³/mol. The first-order valence-corrected chi connectivity index (χ1v) is 10.6. The molecule has 1 aliphatic rings. The summed E-state index contributed by atoms with van der Waals surface area (Å²) in [4.78, 5) is 17.7. The molecule has 0 spiro atoms. The molecule has 4 rings (SSSR count). The lowest BCUT2D eigenvalue weighted by molar-refractivity contribution is 0.0487. The van der Waals surface area contributed by atoms with Crippen molar-refractivity contribution < 1.29 is 14.3 Å². The van der Waals surface area contributed by atoms with E-state index in [2.05, 4.69) is 22.4 Å². The monoisotopic (exact) mass is 416 g/mol. The molecule has 2 aromatic carbocycles. The van der Waals surface area contributed by atoms with Crippen LogP contribution in [0.5, 0.6) is 5.75 Å². The van der Waals surface area contributed by atoms with E-state index < -0.39 is 0 Å². The van der Waals surface area contributed by atoms with Gasteiger partial charge in [-0.3, -0.25) is 9.78 Å². The third kappa shape index (κ3) is 4.62. The number of methoxy groups -OCH3 is 1. The minimum atomic E-state index is -0.147. The van der Waals surface area contributed by atoms with Gasteiger partial charge >= 0.3 is 0 Å². The molecule has 0 aliphatic carbocycles. The van der Waals surface area contributed by atoms with E-state index in [-0.39, 0.29) is 11.3 Å². The quantitative estimate of drug-likeness (QED) is 0.641. The maximum atomic E-state index is 13.0. The molecule has 5 nitrogen and oxygen atoms in total. The molecule has 1 amide bonds. The van der Waals surface area contributed by atoms with Crippen molar-refractivity contribution in [3.05, 3.63) is 83.6 Å². The summed E-state index contributed by atoms with van der Waals surface area (Å²) in [7, 11) is 1.67. The van der Waals surface area contributed by atoms with Gasteiger partial charge in [0, 0.05) is 30.7 Å². The molecule has 0 atom stereocenters. The molecule has 0 saturated carbocycles. The largest absolute Gasteiger partial charge is 0.497 e. The summed E-state index contributed by atoms with van der Waals surface area (Å²) in [6.07, 6.45) is 1.73. The van der Waals surface area contributed by atoms with Gasteiger partial charge in [-0.2, -0.15) is 0 Å². The number of rotatable bonds is 6. The Morgan fingerprint density at radius 3 is 2.39 bits per heavy atom. The normalized spacial score (nSPS) is 15.3. The Morgan fingerprint density at radius 2 is 1.74 bits per heavy atom. The van der Waals surface area contributed by atoms with Crippen molar-refractivity contribution in [3.63, 3.8) is 0 Å². The molecule has 1 fully saturated rings. The van der Waals surface area contributed by atoms with Gasteiger partial charge in [-0.15, -0.1) is 0 Å². The van der Waals surface area contributed by atoms with E-state index >= 15 is 0 Å². The molecule has 0 unspecified atom stereocenters. The van der Waals surface area contributed by atoms with Crippen molar-refractivity contribution in [1.82, 2.24) is 10.3 Å². The van der Waals surface area contributed by atoms with Crippen LogP contribution < -0.4 is 10.1 Å². The minimum absolute atomic E-state index is 0.0935. The van der Waals surface area contributed by atoms with Gasteiger partial charge in [-0.1, -0.05) is 42.5 Å². The number of nitrogens with zero attached hydrogens (tertiary/aromatic N) is 1. The Hall–Kier alpha value is -3.18. The third-order valence-corrected chi connectivity index (χ3v) is 6.14. The number of nitrogens with one attached hydrogen (secondary N) is 1. The van der Waals surface area contributed by atoms with Crippen LogP contribution in [0.2, 0.25) is 0 Å². The molecule has 1 N–H and O–H groups in total. The second-order valence-corrected chi connectivity index (χ2v) is 8.00. The van der Waals surface area contributed by atoms with Crippen LogP contribution in [0.25, 0.3) is 11.3 Å². The van der Waals surface area contributed by atoms with Crippen molar-refractivity contribution in [1.29, 1.82) is 0 Å². The Labute approximate surface area is 183 Å². The number of benzene rings is 2. The van der Waals surface area contributed by atoms with E-state index in [0.717, 1.165) is 35.5 Å². The van der Waals surface area contributed by atoms with E-state index in [4.69, 9.17) is 9.47 Å². The van der Waals surface area contributed by atoms with Crippen LogP contribution in [0, 0.1) is 6.92 Å². The fourth-order valence-corrected chi connectivity index (χ4v) is 4.19. The molecule has 3 aromatic rings. The standard InChI is InChI=1S/C26H28N2O3/c1-19-23(12-13-24(28-19)20-6-4-3-5-7-20)25(29)27-18-26(14-16-31-17-15-26)21-8-10-22(30-2)11-9-21/h3-13H,14-18H2,1-2H3,(H,27,29). The number of hydrogen-bond donors (Lipinski definition) is 1. The summed E-state index contributed by atoms with van der Waals surface area (Å²) in [5, 5.41) is 3.17. The number of carbonyl (C=O) groups excluding carboxylic acids is 1. The molecule has 1 saturated heterocycles. The Morgan fingerprint density at radius 1 is 1.03 bits per heavy atom. The van der Waals surface area contributed by atoms with Gasteiger partial charge in [0.25, 0.3) is 5.91 Å². The van der Waals surface area contributed by atoms with E-state index in [0.29, 0.717) is 25.3 Å². The summed E-state index contributed by atoms with van der Waals surface area (Å²) in [6.45, 7) is 3.82. The zero-order chi connectivity index (χ0) is 21.7. The van der Waals surface area contributed by atoms with Crippen LogP contribution in [0.4, 0.5) is 0 Å². The lowest BCUT2D eigenvalue weighted by Gasteiger charge is -2.38. The van der Waals surface area contributed by atoms with E-state index in [9.17, 15) is 4.79 Å². The number of pyridine rings is 1. The summed E-state index contributed by atoms with van der Waals surface area (Å²) >= 11 is 0. The number of aryl methyl sites for hydroxylation is 1. The average Bonchev–Trinajstić information content (AvgIpc) is 2.83. The topological polar surface area (TPSA) is 60.5 Å². The van der Waals surface area contributed by atoms with E-state index in [1.54, 1.807) is 7.11 Å².